The number of ether oxygens (including phenoxy) is 1. The minimum Gasteiger partial charge on any atom is -0.481 e. The second kappa shape index (κ2) is 6.30. The van der Waals surface area contributed by atoms with E-state index in [1.165, 1.54) is 6.42 Å². The Morgan fingerprint density at radius 3 is 2.75 bits per heavy atom. The molecule has 1 aromatic rings. The highest BCUT2D eigenvalue weighted by Crippen LogP contribution is 2.14. The summed E-state index contributed by atoms with van der Waals surface area (Å²) in [5.41, 5.74) is 0. The van der Waals surface area contributed by atoms with Gasteiger partial charge < -0.3 is 9.64 Å². The molecular formula is C12H21N3O. The molecule has 0 spiro atoms. The average Bonchev–Trinajstić information content (AvgIpc) is 2.35. The summed E-state index contributed by atoms with van der Waals surface area (Å²) in [4.78, 5) is 10.8. The van der Waals surface area contributed by atoms with Gasteiger partial charge >= 0.3 is 0 Å². The van der Waals surface area contributed by atoms with E-state index in [0.29, 0.717) is 11.8 Å². The molecule has 0 aliphatic carbocycles. The number of hydrogen-bond acceptors (Lipinski definition) is 4. The average molecular weight is 223 g/mol. The first-order valence-corrected chi connectivity index (χ1v) is 5.83. The van der Waals surface area contributed by atoms with Crippen LogP contribution in [0.5, 0.6) is 5.88 Å². The van der Waals surface area contributed by atoms with Gasteiger partial charge in [-0.25, -0.2) is 4.98 Å². The van der Waals surface area contributed by atoms with E-state index >= 15 is 0 Å². The molecule has 0 N–H and O–H groups in total. The van der Waals surface area contributed by atoms with Crippen molar-refractivity contribution in [2.75, 3.05) is 25.1 Å². The molecule has 1 unspecified atom stereocenters. The molecule has 1 heterocycles. The first-order chi connectivity index (χ1) is 7.71. The Labute approximate surface area is 97.7 Å². The van der Waals surface area contributed by atoms with Crippen LogP contribution in [-0.2, 0) is 0 Å². The maximum absolute atomic E-state index is 5.10. The molecule has 16 heavy (non-hydrogen) atoms. The van der Waals surface area contributed by atoms with Crippen LogP contribution in [0.25, 0.3) is 0 Å². The summed E-state index contributed by atoms with van der Waals surface area (Å²) < 4.78 is 5.10. The van der Waals surface area contributed by atoms with Gasteiger partial charge in [0.15, 0.2) is 0 Å². The SMILES string of the molecule is CCC(C)CN(CC)c1nccc(OC)n1. The van der Waals surface area contributed by atoms with Crippen LogP contribution in [0.15, 0.2) is 12.3 Å². The van der Waals surface area contributed by atoms with Crippen molar-refractivity contribution >= 4 is 5.95 Å². The number of rotatable bonds is 6. The minimum atomic E-state index is 0.618. The second-order valence-electron chi connectivity index (χ2n) is 3.95. The summed E-state index contributed by atoms with van der Waals surface area (Å²) in [7, 11) is 1.62. The lowest BCUT2D eigenvalue weighted by Crippen LogP contribution is -2.29. The van der Waals surface area contributed by atoms with Crippen molar-refractivity contribution in [3.63, 3.8) is 0 Å². The second-order valence-corrected chi connectivity index (χ2v) is 3.95. The van der Waals surface area contributed by atoms with E-state index in [4.69, 9.17) is 4.74 Å². The van der Waals surface area contributed by atoms with E-state index in [-0.39, 0.29) is 0 Å². The third kappa shape index (κ3) is 3.36. The highest BCUT2D eigenvalue weighted by molar-refractivity contribution is 5.31. The first kappa shape index (κ1) is 12.7. The number of anilines is 1. The smallest absolute Gasteiger partial charge is 0.228 e. The molecule has 90 valence electrons. The van der Waals surface area contributed by atoms with Crippen LogP contribution >= 0.6 is 0 Å². The molecule has 0 radical (unpaired) electrons. The Morgan fingerprint density at radius 2 is 2.19 bits per heavy atom. The molecule has 0 aliphatic heterocycles. The van der Waals surface area contributed by atoms with Gasteiger partial charge in [-0.2, -0.15) is 4.98 Å². The Kier molecular flexibility index (Phi) is 5.02. The van der Waals surface area contributed by atoms with Gasteiger partial charge in [0.25, 0.3) is 0 Å². The zero-order chi connectivity index (χ0) is 12.0. The molecule has 0 aromatic carbocycles. The van der Waals surface area contributed by atoms with Gasteiger partial charge in [-0.3, -0.25) is 0 Å². The Hall–Kier alpha value is -1.32. The molecule has 0 bridgehead atoms. The van der Waals surface area contributed by atoms with Crippen molar-refractivity contribution in [2.24, 2.45) is 5.92 Å². The monoisotopic (exact) mass is 223 g/mol. The van der Waals surface area contributed by atoms with Crippen molar-refractivity contribution < 1.29 is 4.74 Å². The van der Waals surface area contributed by atoms with Gasteiger partial charge in [0.2, 0.25) is 11.8 Å². The summed E-state index contributed by atoms with van der Waals surface area (Å²) in [6, 6.07) is 1.76. The van der Waals surface area contributed by atoms with Crippen molar-refractivity contribution in [1.82, 2.24) is 9.97 Å². The van der Waals surface area contributed by atoms with Gasteiger partial charge in [0.05, 0.1) is 7.11 Å². The maximum atomic E-state index is 5.10. The van der Waals surface area contributed by atoms with E-state index < -0.39 is 0 Å². The molecule has 1 aromatic heterocycles. The highest BCUT2D eigenvalue weighted by Gasteiger charge is 2.11. The highest BCUT2D eigenvalue weighted by atomic mass is 16.5. The minimum absolute atomic E-state index is 0.618. The largest absolute Gasteiger partial charge is 0.481 e. The van der Waals surface area contributed by atoms with E-state index in [2.05, 4.69) is 35.6 Å². The van der Waals surface area contributed by atoms with Crippen molar-refractivity contribution in [2.45, 2.75) is 27.2 Å². The zero-order valence-electron chi connectivity index (χ0n) is 10.6. The third-order valence-corrected chi connectivity index (χ3v) is 2.72. The Bertz CT molecular complexity index is 317. The van der Waals surface area contributed by atoms with Crippen LogP contribution in [0.2, 0.25) is 0 Å². The predicted octanol–water partition coefficient (Wildman–Crippen LogP) is 2.36. The topological polar surface area (TPSA) is 38.2 Å². The normalized spacial score (nSPS) is 12.2. The molecule has 0 aliphatic rings. The summed E-state index contributed by atoms with van der Waals surface area (Å²) in [6.45, 7) is 8.46. The lowest BCUT2D eigenvalue weighted by molar-refractivity contribution is 0.396. The van der Waals surface area contributed by atoms with Gasteiger partial charge in [0, 0.05) is 25.4 Å². The molecule has 4 heteroatoms. The zero-order valence-corrected chi connectivity index (χ0v) is 10.6. The van der Waals surface area contributed by atoms with Crippen LogP contribution in [0.1, 0.15) is 27.2 Å². The quantitative estimate of drug-likeness (QED) is 0.742. The van der Waals surface area contributed by atoms with Crippen LogP contribution in [-0.4, -0.2) is 30.2 Å². The van der Waals surface area contributed by atoms with Crippen molar-refractivity contribution in [3.8, 4) is 5.88 Å². The fourth-order valence-electron chi connectivity index (χ4n) is 1.46. The summed E-state index contributed by atoms with van der Waals surface area (Å²) in [5, 5.41) is 0. The first-order valence-electron chi connectivity index (χ1n) is 5.83. The fraction of sp³-hybridized carbons (Fsp3) is 0.667. The fourth-order valence-corrected chi connectivity index (χ4v) is 1.46. The lowest BCUT2D eigenvalue weighted by atomic mass is 10.1. The Balaban J connectivity index is 2.77. The molecule has 4 nitrogen and oxygen atoms in total. The maximum Gasteiger partial charge on any atom is 0.228 e. The van der Waals surface area contributed by atoms with E-state index in [1.807, 2.05) is 0 Å². The molecule has 0 saturated heterocycles. The van der Waals surface area contributed by atoms with Crippen LogP contribution in [0.4, 0.5) is 5.95 Å². The van der Waals surface area contributed by atoms with Gasteiger partial charge in [-0.1, -0.05) is 20.3 Å². The van der Waals surface area contributed by atoms with Crippen LogP contribution < -0.4 is 9.64 Å². The number of aromatic nitrogens is 2. The number of methoxy groups -OCH3 is 1. The molecule has 0 amide bonds. The molecular weight excluding hydrogens is 202 g/mol. The van der Waals surface area contributed by atoms with E-state index in [0.717, 1.165) is 19.0 Å². The standard InChI is InChI=1S/C12H21N3O/c1-5-10(3)9-15(6-2)12-13-8-7-11(14-12)16-4/h7-8,10H,5-6,9H2,1-4H3. The van der Waals surface area contributed by atoms with Crippen molar-refractivity contribution in [1.29, 1.82) is 0 Å². The van der Waals surface area contributed by atoms with Crippen molar-refractivity contribution in [3.05, 3.63) is 12.3 Å². The molecule has 1 rings (SSSR count). The molecule has 0 fully saturated rings. The predicted molar refractivity (Wildman–Crippen MR) is 65.9 cm³/mol. The number of hydrogen-bond donors (Lipinski definition) is 0. The van der Waals surface area contributed by atoms with Gasteiger partial charge in [-0.15, -0.1) is 0 Å². The van der Waals surface area contributed by atoms with Crippen LogP contribution in [0.3, 0.4) is 0 Å². The van der Waals surface area contributed by atoms with Crippen LogP contribution in [0, 0.1) is 5.92 Å². The van der Waals surface area contributed by atoms with Gasteiger partial charge in [0.1, 0.15) is 0 Å². The lowest BCUT2D eigenvalue weighted by Gasteiger charge is -2.23. The summed E-state index contributed by atoms with van der Waals surface area (Å²) >= 11 is 0. The Morgan fingerprint density at radius 1 is 1.44 bits per heavy atom. The summed E-state index contributed by atoms with van der Waals surface area (Å²) in [6.07, 6.45) is 2.90. The third-order valence-electron chi connectivity index (χ3n) is 2.72. The molecule has 0 saturated carbocycles. The molecule has 1 atom stereocenters. The summed E-state index contributed by atoms with van der Waals surface area (Å²) in [5.74, 6) is 2.02. The van der Waals surface area contributed by atoms with E-state index in [9.17, 15) is 0 Å². The number of nitrogens with zero attached hydrogens (tertiary/aromatic N) is 3. The van der Waals surface area contributed by atoms with E-state index in [1.54, 1.807) is 19.4 Å². The van der Waals surface area contributed by atoms with Gasteiger partial charge in [-0.05, 0) is 12.8 Å².